The maximum absolute atomic E-state index is 13.7. The second kappa shape index (κ2) is 9.55. The molecule has 1 N–H and O–H groups in total. The molecule has 2 aliphatic rings. The van der Waals surface area contributed by atoms with Gasteiger partial charge in [-0.25, -0.2) is 0 Å². The van der Waals surface area contributed by atoms with Crippen molar-refractivity contribution in [3.63, 3.8) is 0 Å². The predicted molar refractivity (Wildman–Crippen MR) is 133 cm³/mol. The molecule has 0 spiro atoms. The Morgan fingerprint density at radius 3 is 2.65 bits per heavy atom. The predicted octanol–water partition coefficient (Wildman–Crippen LogP) is 5.15. The van der Waals surface area contributed by atoms with E-state index < -0.39 is 0 Å². The molecule has 3 aromatic rings. The number of carbonyl (C=O) groups excluding carboxylic acids is 1. The van der Waals surface area contributed by atoms with Gasteiger partial charge < -0.3 is 19.6 Å². The van der Waals surface area contributed by atoms with Crippen LogP contribution in [-0.2, 0) is 0 Å². The minimum atomic E-state index is -0.285. The number of fused-ring (bicyclic) bond motifs is 1. The Morgan fingerprint density at radius 2 is 1.88 bits per heavy atom. The summed E-state index contributed by atoms with van der Waals surface area (Å²) >= 11 is 12.7. The van der Waals surface area contributed by atoms with Gasteiger partial charge in [0.15, 0.2) is 0 Å². The topological polar surface area (TPSA) is 65.9 Å². The van der Waals surface area contributed by atoms with E-state index in [0.717, 1.165) is 17.9 Å². The molecule has 0 bridgehead atoms. The molecule has 2 aromatic carbocycles. The number of amides is 1. The Hall–Kier alpha value is -3.24. The first-order valence-corrected chi connectivity index (χ1v) is 11.7. The van der Waals surface area contributed by atoms with Gasteiger partial charge in [-0.05, 0) is 37.1 Å². The average Bonchev–Trinajstić information content (AvgIpc) is 3.70. The third-order valence-electron chi connectivity index (χ3n) is 5.83. The van der Waals surface area contributed by atoms with Crippen LogP contribution in [0, 0.1) is 11.8 Å². The zero-order valence-electron chi connectivity index (χ0n) is 18.2. The van der Waals surface area contributed by atoms with E-state index in [2.05, 4.69) is 27.8 Å². The molecule has 1 fully saturated rings. The van der Waals surface area contributed by atoms with Crippen molar-refractivity contribution in [1.82, 2.24) is 4.98 Å². The van der Waals surface area contributed by atoms with Crippen LogP contribution in [0.1, 0.15) is 28.8 Å². The second-order valence-electron chi connectivity index (χ2n) is 8.07. The van der Waals surface area contributed by atoms with Crippen LogP contribution in [0.25, 0.3) is 0 Å². The first kappa shape index (κ1) is 22.5. The number of benzene rings is 2. The molecule has 6 nitrogen and oxygen atoms in total. The largest absolute Gasteiger partial charge is 0.455 e. The molecular weight excluding hydrogens is 473 g/mol. The summed E-state index contributed by atoms with van der Waals surface area (Å²) in [6, 6.07) is 13.3. The molecule has 0 radical (unpaired) electrons. The molecule has 0 atom stereocenters. The minimum Gasteiger partial charge on any atom is -0.455 e. The third-order valence-corrected chi connectivity index (χ3v) is 6.44. The number of anilines is 2. The molecule has 0 saturated heterocycles. The summed E-state index contributed by atoms with van der Waals surface area (Å²) < 4.78 is 6.04. The van der Waals surface area contributed by atoms with Crippen molar-refractivity contribution in [3.05, 3.63) is 76.0 Å². The highest BCUT2D eigenvalue weighted by atomic mass is 35.5. The molecule has 1 aliphatic carbocycles. The number of rotatable bonds is 4. The Balaban J connectivity index is 1.45. The molecule has 1 saturated carbocycles. The van der Waals surface area contributed by atoms with Crippen molar-refractivity contribution in [2.75, 3.05) is 29.5 Å². The van der Waals surface area contributed by atoms with Gasteiger partial charge in [0.25, 0.3) is 5.91 Å². The van der Waals surface area contributed by atoms with Crippen LogP contribution in [0.3, 0.4) is 0 Å². The zero-order chi connectivity index (χ0) is 23.7. The van der Waals surface area contributed by atoms with Gasteiger partial charge >= 0.3 is 0 Å². The van der Waals surface area contributed by atoms with Crippen LogP contribution in [0.2, 0.25) is 10.0 Å². The average molecular weight is 494 g/mol. The Labute approximate surface area is 207 Å². The van der Waals surface area contributed by atoms with Crippen LogP contribution < -0.4 is 14.5 Å². The van der Waals surface area contributed by atoms with Crippen molar-refractivity contribution in [3.8, 4) is 23.3 Å². The van der Waals surface area contributed by atoms with E-state index >= 15 is 0 Å². The zero-order valence-corrected chi connectivity index (χ0v) is 19.7. The maximum Gasteiger partial charge on any atom is 0.263 e. The number of aromatic nitrogens is 1. The monoisotopic (exact) mass is 493 g/mol. The summed E-state index contributed by atoms with van der Waals surface area (Å²) in [5.74, 6) is 5.71. The lowest BCUT2D eigenvalue weighted by Crippen LogP contribution is -2.45. The van der Waals surface area contributed by atoms with Crippen LogP contribution in [0.15, 0.2) is 54.9 Å². The summed E-state index contributed by atoms with van der Waals surface area (Å²) in [6.07, 6.45) is 5.44. The summed E-state index contributed by atoms with van der Waals surface area (Å²) in [6.45, 7) is 1.07. The molecule has 172 valence electrons. The highest BCUT2D eigenvalue weighted by Gasteiger charge is 2.36. The van der Waals surface area contributed by atoms with E-state index in [4.69, 9.17) is 33.0 Å². The number of carbonyl (C=O) groups is 1. The fourth-order valence-corrected chi connectivity index (χ4v) is 4.50. The quantitative estimate of drug-likeness (QED) is 0.508. The fraction of sp³-hybridized carbons (Fsp3) is 0.231. The number of nitrogens with zero attached hydrogens (tertiary/aromatic N) is 3. The SMILES string of the molecule is O=C(c1cnccc1Oc1cc(Cl)c(C#CCO)cc1Cl)N1CCN(C2CC2)c2ccccc21. The summed E-state index contributed by atoms with van der Waals surface area (Å²) in [5, 5.41) is 9.52. The first-order chi connectivity index (χ1) is 16.6. The van der Waals surface area contributed by atoms with Crippen molar-refractivity contribution in [1.29, 1.82) is 0 Å². The molecule has 1 amide bonds. The van der Waals surface area contributed by atoms with Gasteiger partial charge in [0.2, 0.25) is 0 Å². The van der Waals surface area contributed by atoms with Crippen LogP contribution in [-0.4, -0.2) is 41.7 Å². The molecule has 8 heteroatoms. The van der Waals surface area contributed by atoms with Gasteiger partial charge in [0, 0.05) is 43.2 Å². The first-order valence-electron chi connectivity index (χ1n) is 10.9. The number of halogens is 2. The minimum absolute atomic E-state index is 0.196. The van der Waals surface area contributed by atoms with E-state index in [-0.39, 0.29) is 17.5 Å². The molecule has 2 heterocycles. The van der Waals surface area contributed by atoms with Crippen molar-refractivity contribution in [2.24, 2.45) is 0 Å². The van der Waals surface area contributed by atoms with Crippen molar-refractivity contribution >= 4 is 40.5 Å². The molecule has 1 aromatic heterocycles. The molecule has 34 heavy (non-hydrogen) atoms. The number of hydrogen-bond donors (Lipinski definition) is 1. The number of pyridine rings is 1. The molecule has 5 rings (SSSR count). The number of hydrogen-bond acceptors (Lipinski definition) is 5. The lowest BCUT2D eigenvalue weighted by Gasteiger charge is -2.38. The smallest absolute Gasteiger partial charge is 0.263 e. The summed E-state index contributed by atoms with van der Waals surface area (Å²) in [7, 11) is 0. The van der Waals surface area contributed by atoms with Crippen molar-refractivity contribution < 1.29 is 14.6 Å². The summed E-state index contributed by atoms with van der Waals surface area (Å²) in [4.78, 5) is 22.0. The van der Waals surface area contributed by atoms with Gasteiger partial charge in [0.1, 0.15) is 23.7 Å². The molecular formula is C26H21Cl2N3O3. The van der Waals surface area contributed by atoms with Gasteiger partial charge in [-0.1, -0.05) is 47.2 Å². The molecule has 1 aliphatic heterocycles. The van der Waals surface area contributed by atoms with E-state index in [1.54, 1.807) is 29.3 Å². The van der Waals surface area contributed by atoms with Gasteiger partial charge in [-0.2, -0.15) is 0 Å². The fourth-order valence-electron chi connectivity index (χ4n) is 4.09. The van der Waals surface area contributed by atoms with E-state index in [1.807, 2.05) is 18.2 Å². The van der Waals surface area contributed by atoms with E-state index in [0.29, 0.717) is 40.2 Å². The number of para-hydroxylation sites is 2. The highest BCUT2D eigenvalue weighted by Crippen LogP contribution is 2.41. The highest BCUT2D eigenvalue weighted by molar-refractivity contribution is 6.35. The van der Waals surface area contributed by atoms with E-state index in [1.165, 1.54) is 19.0 Å². The Morgan fingerprint density at radius 1 is 1.09 bits per heavy atom. The van der Waals surface area contributed by atoms with Crippen molar-refractivity contribution in [2.45, 2.75) is 18.9 Å². The van der Waals surface area contributed by atoms with Crippen LogP contribution in [0.5, 0.6) is 11.5 Å². The maximum atomic E-state index is 13.7. The van der Waals surface area contributed by atoms with Gasteiger partial charge in [-0.15, -0.1) is 0 Å². The lowest BCUT2D eigenvalue weighted by molar-refractivity contribution is 0.0984. The molecule has 0 unspecified atom stereocenters. The second-order valence-corrected chi connectivity index (χ2v) is 8.88. The standard InChI is InChI=1S/C26H21Cl2N3O3/c27-20-15-25(21(28)14-17(20)4-3-13-32)34-24-9-10-29-16-19(24)26(33)31-12-11-30(18-7-8-18)22-5-1-2-6-23(22)31/h1-2,5-6,9-10,14-16,18,32H,7-8,11-13H2. The Kier molecular flexibility index (Phi) is 6.34. The summed E-state index contributed by atoms with van der Waals surface area (Å²) in [5.41, 5.74) is 2.76. The van der Waals surface area contributed by atoms with Gasteiger partial charge in [0.05, 0.1) is 21.4 Å². The number of aliphatic hydroxyl groups excluding tert-OH is 1. The van der Waals surface area contributed by atoms with Gasteiger partial charge in [-0.3, -0.25) is 9.78 Å². The number of ether oxygens (including phenoxy) is 1. The normalized spacial score (nSPS) is 14.8. The van der Waals surface area contributed by atoms with Crippen LogP contribution >= 0.6 is 23.2 Å². The third kappa shape index (κ3) is 4.43. The lowest BCUT2D eigenvalue weighted by atomic mass is 10.1. The van der Waals surface area contributed by atoms with E-state index in [9.17, 15) is 4.79 Å². The van der Waals surface area contributed by atoms with Crippen LogP contribution in [0.4, 0.5) is 11.4 Å². The Bertz CT molecular complexity index is 1310. The number of aliphatic hydroxyl groups is 1.